The molecule has 0 radical (unpaired) electrons. The normalized spacial score (nSPS) is 10.7. The number of nitrogens with one attached hydrogen (secondary N) is 1. The molecule has 2 aromatic rings. The molecule has 1 aromatic carbocycles. The van der Waals surface area contributed by atoms with Crippen LogP contribution in [0.5, 0.6) is 0 Å². The zero-order valence-electron chi connectivity index (χ0n) is 9.83. The van der Waals surface area contributed by atoms with Crippen LogP contribution >= 0.6 is 15.9 Å². The second-order valence-corrected chi connectivity index (χ2v) is 5.18. The van der Waals surface area contributed by atoms with Crippen molar-refractivity contribution < 1.29 is 0 Å². The fraction of sp³-hybridized carbons (Fsp3) is 0.214. The lowest BCUT2D eigenvalue weighted by Crippen LogP contribution is -2.15. The molecule has 0 saturated heterocycles. The summed E-state index contributed by atoms with van der Waals surface area (Å²) in [6.07, 6.45) is 0. The van der Waals surface area contributed by atoms with Crippen molar-refractivity contribution in [3.63, 3.8) is 0 Å². The van der Waals surface area contributed by atoms with Gasteiger partial charge in [-0.05, 0) is 24.6 Å². The third kappa shape index (κ3) is 3.14. The van der Waals surface area contributed by atoms with E-state index in [2.05, 4.69) is 51.0 Å². The van der Waals surface area contributed by atoms with Crippen LogP contribution in [0.2, 0.25) is 0 Å². The number of nitrogens with zero attached hydrogens (tertiary/aromatic N) is 1. The van der Waals surface area contributed by atoms with Gasteiger partial charge in [0.15, 0.2) is 0 Å². The van der Waals surface area contributed by atoms with Crippen LogP contribution in [0.25, 0.3) is 10.9 Å². The number of fused-ring (bicyclic) bond motifs is 1. The van der Waals surface area contributed by atoms with Gasteiger partial charge in [-0.3, -0.25) is 4.98 Å². The Morgan fingerprint density at radius 1 is 1.41 bits per heavy atom. The van der Waals surface area contributed by atoms with E-state index in [1.54, 1.807) is 0 Å². The largest absolute Gasteiger partial charge is 0.308 e. The second-order valence-electron chi connectivity index (χ2n) is 4.06. The first kappa shape index (κ1) is 12.3. The van der Waals surface area contributed by atoms with Crippen molar-refractivity contribution in [1.82, 2.24) is 10.3 Å². The van der Waals surface area contributed by atoms with Crippen LogP contribution in [0.1, 0.15) is 11.3 Å². The summed E-state index contributed by atoms with van der Waals surface area (Å²) < 4.78 is 0.965. The molecule has 0 spiro atoms. The fourth-order valence-electron chi connectivity index (χ4n) is 1.87. The summed E-state index contributed by atoms with van der Waals surface area (Å²) in [5.41, 5.74) is 3.39. The highest BCUT2D eigenvalue weighted by atomic mass is 79.9. The number of aryl methyl sites for hydroxylation is 1. The monoisotopic (exact) mass is 290 g/mol. The summed E-state index contributed by atoms with van der Waals surface area (Å²) in [6, 6.07) is 10.4. The molecule has 88 valence electrons. The van der Waals surface area contributed by atoms with Crippen LogP contribution in [0.3, 0.4) is 0 Å². The molecule has 1 N–H and O–H groups in total. The smallest absolute Gasteiger partial charge is 0.0708 e. The van der Waals surface area contributed by atoms with E-state index in [0.717, 1.165) is 28.8 Å². The third-order valence-corrected chi connectivity index (χ3v) is 2.84. The van der Waals surface area contributed by atoms with Crippen LogP contribution in [0.4, 0.5) is 0 Å². The lowest BCUT2D eigenvalue weighted by molar-refractivity contribution is 0.760. The molecule has 1 heterocycles. The molecule has 0 aliphatic carbocycles. The Morgan fingerprint density at radius 3 is 2.94 bits per heavy atom. The number of para-hydroxylation sites is 1. The van der Waals surface area contributed by atoms with Gasteiger partial charge >= 0.3 is 0 Å². The molecule has 2 nitrogen and oxygen atoms in total. The minimum atomic E-state index is 0.774. The van der Waals surface area contributed by atoms with E-state index in [1.165, 1.54) is 10.9 Å². The Hall–Kier alpha value is -1.19. The van der Waals surface area contributed by atoms with Crippen molar-refractivity contribution in [2.75, 3.05) is 6.54 Å². The van der Waals surface area contributed by atoms with E-state index >= 15 is 0 Å². The molecule has 0 aliphatic heterocycles. The summed E-state index contributed by atoms with van der Waals surface area (Å²) in [4.78, 5) is 4.52. The zero-order chi connectivity index (χ0) is 12.3. The second kappa shape index (κ2) is 5.43. The van der Waals surface area contributed by atoms with E-state index in [9.17, 15) is 0 Å². The van der Waals surface area contributed by atoms with Gasteiger partial charge in [0.05, 0.1) is 5.52 Å². The number of rotatable bonds is 4. The van der Waals surface area contributed by atoms with Crippen LogP contribution < -0.4 is 5.32 Å². The number of aromatic nitrogens is 1. The van der Waals surface area contributed by atoms with Crippen LogP contribution in [0, 0.1) is 6.92 Å². The van der Waals surface area contributed by atoms with Gasteiger partial charge in [0, 0.05) is 28.7 Å². The molecule has 2 rings (SSSR count). The van der Waals surface area contributed by atoms with E-state index in [4.69, 9.17) is 0 Å². The van der Waals surface area contributed by atoms with Gasteiger partial charge < -0.3 is 5.32 Å². The first-order chi connectivity index (χ1) is 8.16. The van der Waals surface area contributed by atoms with Crippen molar-refractivity contribution >= 4 is 26.8 Å². The number of hydrogen-bond donors (Lipinski definition) is 1. The average molecular weight is 291 g/mol. The summed E-state index contributed by atoms with van der Waals surface area (Å²) in [5, 5.41) is 4.56. The summed E-state index contributed by atoms with van der Waals surface area (Å²) >= 11 is 3.34. The van der Waals surface area contributed by atoms with Crippen molar-refractivity contribution in [3.05, 3.63) is 52.7 Å². The minimum Gasteiger partial charge on any atom is -0.308 e. The van der Waals surface area contributed by atoms with Crippen LogP contribution in [-0.2, 0) is 6.54 Å². The lowest BCUT2D eigenvalue weighted by Gasteiger charge is -2.08. The van der Waals surface area contributed by atoms with Crippen molar-refractivity contribution in [1.29, 1.82) is 0 Å². The highest BCUT2D eigenvalue weighted by molar-refractivity contribution is 9.11. The molecule has 1 aromatic heterocycles. The molecule has 3 heteroatoms. The summed E-state index contributed by atoms with van der Waals surface area (Å²) in [7, 11) is 0. The maximum absolute atomic E-state index is 4.52. The van der Waals surface area contributed by atoms with E-state index < -0.39 is 0 Å². The minimum absolute atomic E-state index is 0.774. The van der Waals surface area contributed by atoms with Crippen molar-refractivity contribution in [2.24, 2.45) is 0 Å². The fourth-order valence-corrected chi connectivity index (χ4v) is 2.07. The van der Waals surface area contributed by atoms with Crippen molar-refractivity contribution in [3.8, 4) is 0 Å². The Bertz CT molecular complexity index is 549. The topological polar surface area (TPSA) is 24.9 Å². The maximum Gasteiger partial charge on any atom is 0.0708 e. The van der Waals surface area contributed by atoms with Crippen molar-refractivity contribution in [2.45, 2.75) is 13.5 Å². The number of halogens is 1. The molecular weight excluding hydrogens is 276 g/mol. The molecule has 17 heavy (non-hydrogen) atoms. The van der Waals surface area contributed by atoms with Gasteiger partial charge in [0.1, 0.15) is 0 Å². The number of hydrogen-bond acceptors (Lipinski definition) is 2. The highest BCUT2D eigenvalue weighted by Gasteiger charge is 2.02. The molecule has 0 unspecified atom stereocenters. The molecule has 0 aliphatic rings. The van der Waals surface area contributed by atoms with E-state index in [-0.39, 0.29) is 0 Å². The van der Waals surface area contributed by atoms with E-state index in [1.807, 2.05) is 19.1 Å². The van der Waals surface area contributed by atoms with Crippen LogP contribution in [0.15, 0.2) is 41.4 Å². The Kier molecular flexibility index (Phi) is 3.92. The predicted molar refractivity (Wildman–Crippen MR) is 76.3 cm³/mol. The van der Waals surface area contributed by atoms with Crippen LogP contribution in [-0.4, -0.2) is 11.5 Å². The van der Waals surface area contributed by atoms with Gasteiger partial charge in [0.25, 0.3) is 0 Å². The summed E-state index contributed by atoms with van der Waals surface area (Å²) in [5.74, 6) is 0. The van der Waals surface area contributed by atoms with Gasteiger partial charge in [-0.15, -0.1) is 0 Å². The van der Waals surface area contributed by atoms with Gasteiger partial charge in [-0.1, -0.05) is 40.7 Å². The Labute approximate surface area is 110 Å². The van der Waals surface area contributed by atoms with E-state index in [0.29, 0.717) is 0 Å². The van der Waals surface area contributed by atoms with Gasteiger partial charge in [-0.2, -0.15) is 0 Å². The quantitative estimate of drug-likeness (QED) is 0.932. The molecule has 0 fully saturated rings. The summed E-state index contributed by atoms with van der Waals surface area (Å²) in [6.45, 7) is 7.44. The maximum atomic E-state index is 4.52. The Balaban J connectivity index is 2.29. The number of pyridine rings is 1. The first-order valence-corrected chi connectivity index (χ1v) is 6.35. The van der Waals surface area contributed by atoms with Gasteiger partial charge in [0.2, 0.25) is 0 Å². The Morgan fingerprint density at radius 2 is 2.18 bits per heavy atom. The molecule has 0 amide bonds. The number of benzene rings is 1. The molecule has 0 saturated carbocycles. The SMILES string of the molecule is C=C(Br)CNCc1cc(C)nc2ccccc12. The molecular formula is C14H15BrN2. The highest BCUT2D eigenvalue weighted by Crippen LogP contribution is 2.18. The third-order valence-electron chi connectivity index (χ3n) is 2.56. The average Bonchev–Trinajstić information content (AvgIpc) is 2.28. The first-order valence-electron chi connectivity index (χ1n) is 5.56. The van der Waals surface area contributed by atoms with Gasteiger partial charge in [-0.25, -0.2) is 0 Å². The predicted octanol–water partition coefficient (Wildman–Crippen LogP) is 3.54. The standard InChI is InChI=1S/C14H15BrN2/c1-10(15)8-16-9-12-7-11(2)17-14-6-4-3-5-13(12)14/h3-7,16H,1,8-9H2,2H3. The molecule has 0 bridgehead atoms. The lowest BCUT2D eigenvalue weighted by atomic mass is 10.1. The molecule has 0 atom stereocenters. The zero-order valence-corrected chi connectivity index (χ0v) is 11.4.